The number of sulfonamides is 1. The van der Waals surface area contributed by atoms with E-state index in [0.717, 1.165) is 32.1 Å². The number of rotatable bonds is 4. The summed E-state index contributed by atoms with van der Waals surface area (Å²) in [6, 6.07) is 6.50. The van der Waals surface area contributed by atoms with E-state index in [0.29, 0.717) is 31.1 Å². The van der Waals surface area contributed by atoms with Crippen molar-refractivity contribution in [1.82, 2.24) is 9.21 Å². The van der Waals surface area contributed by atoms with Crippen LogP contribution in [0.25, 0.3) is 0 Å². The van der Waals surface area contributed by atoms with Crippen molar-refractivity contribution in [2.24, 2.45) is 11.7 Å². The summed E-state index contributed by atoms with van der Waals surface area (Å²) in [6.07, 6.45) is 4.66. The van der Waals surface area contributed by atoms with Crippen LogP contribution in [0.3, 0.4) is 0 Å². The number of amides is 1. The van der Waals surface area contributed by atoms with Gasteiger partial charge in [0, 0.05) is 37.3 Å². The van der Waals surface area contributed by atoms with Crippen molar-refractivity contribution in [2.75, 3.05) is 19.6 Å². The van der Waals surface area contributed by atoms with Gasteiger partial charge >= 0.3 is 0 Å². The Morgan fingerprint density at radius 1 is 1.19 bits per heavy atom. The average Bonchev–Trinajstić information content (AvgIpc) is 2.67. The number of nitrogens with two attached hydrogens (primary N) is 1. The van der Waals surface area contributed by atoms with E-state index in [1.54, 1.807) is 22.5 Å². The summed E-state index contributed by atoms with van der Waals surface area (Å²) in [5, 5.41) is 0. The Kier molecular flexibility index (Phi) is 6.23. The van der Waals surface area contributed by atoms with Gasteiger partial charge in [0.15, 0.2) is 0 Å². The highest BCUT2D eigenvalue weighted by Gasteiger charge is 2.33. The summed E-state index contributed by atoms with van der Waals surface area (Å²) < 4.78 is 27.8. The molecule has 7 heteroatoms. The van der Waals surface area contributed by atoms with Crippen LogP contribution in [0.15, 0.2) is 29.2 Å². The van der Waals surface area contributed by atoms with Crippen LogP contribution in [0.1, 0.15) is 56.3 Å². The molecule has 2 N–H and O–H groups in total. The van der Waals surface area contributed by atoms with Gasteiger partial charge in [-0.3, -0.25) is 4.79 Å². The van der Waals surface area contributed by atoms with Crippen LogP contribution in [0, 0.1) is 5.92 Å². The fourth-order valence-electron chi connectivity index (χ4n) is 4.26. The minimum absolute atomic E-state index is 0.00619. The molecular weight excluding hydrogens is 362 g/mol. The van der Waals surface area contributed by atoms with Gasteiger partial charge in [0.25, 0.3) is 5.91 Å². The maximum atomic E-state index is 13.1. The van der Waals surface area contributed by atoms with Gasteiger partial charge in [0.05, 0.1) is 4.90 Å². The molecule has 2 aliphatic heterocycles. The molecule has 2 heterocycles. The van der Waals surface area contributed by atoms with Crippen LogP contribution >= 0.6 is 0 Å². The SMILES string of the molecule is CC1CCN(C(=O)c2cccc(S(=O)(=O)N3CCCCC3C)c2)C(CN)C1. The highest BCUT2D eigenvalue weighted by molar-refractivity contribution is 7.89. The number of likely N-dealkylation sites (tertiary alicyclic amines) is 1. The molecule has 27 heavy (non-hydrogen) atoms. The molecule has 0 bridgehead atoms. The molecule has 1 amide bonds. The molecule has 3 unspecified atom stereocenters. The molecule has 1 aromatic rings. The van der Waals surface area contributed by atoms with E-state index in [2.05, 4.69) is 6.92 Å². The Bertz CT molecular complexity index is 780. The quantitative estimate of drug-likeness (QED) is 0.852. The van der Waals surface area contributed by atoms with Gasteiger partial charge in [-0.25, -0.2) is 8.42 Å². The first-order chi connectivity index (χ1) is 12.8. The fraction of sp³-hybridized carbons (Fsp3) is 0.650. The third kappa shape index (κ3) is 4.20. The van der Waals surface area contributed by atoms with E-state index in [1.807, 2.05) is 11.8 Å². The largest absolute Gasteiger partial charge is 0.334 e. The van der Waals surface area contributed by atoms with Gasteiger partial charge in [-0.1, -0.05) is 19.4 Å². The van der Waals surface area contributed by atoms with Crippen LogP contribution in [-0.2, 0) is 10.0 Å². The molecule has 0 saturated carbocycles. The summed E-state index contributed by atoms with van der Waals surface area (Å²) >= 11 is 0. The minimum Gasteiger partial charge on any atom is -0.334 e. The zero-order valence-electron chi connectivity index (χ0n) is 16.3. The molecule has 3 rings (SSSR count). The van der Waals surface area contributed by atoms with Gasteiger partial charge in [-0.15, -0.1) is 0 Å². The predicted octanol–water partition coefficient (Wildman–Crippen LogP) is 2.45. The topological polar surface area (TPSA) is 83.7 Å². The second kappa shape index (κ2) is 8.29. The Balaban J connectivity index is 1.85. The molecule has 150 valence electrons. The van der Waals surface area contributed by atoms with E-state index >= 15 is 0 Å². The minimum atomic E-state index is -3.59. The van der Waals surface area contributed by atoms with Crippen molar-refractivity contribution in [2.45, 2.75) is 62.9 Å². The lowest BCUT2D eigenvalue weighted by atomic mass is 9.92. The van der Waals surface area contributed by atoms with E-state index in [4.69, 9.17) is 5.73 Å². The van der Waals surface area contributed by atoms with Gasteiger partial charge < -0.3 is 10.6 Å². The van der Waals surface area contributed by atoms with Crippen LogP contribution in [0.4, 0.5) is 0 Å². The Labute approximate surface area is 162 Å². The standard InChI is InChI=1S/C20H31N3O3S/c1-15-9-11-22(18(12-15)14-21)20(24)17-7-5-8-19(13-17)27(25,26)23-10-4-3-6-16(23)2/h5,7-8,13,15-16,18H,3-4,6,9-12,14,21H2,1-2H3. The molecule has 0 radical (unpaired) electrons. The van der Waals surface area contributed by atoms with E-state index in [9.17, 15) is 13.2 Å². The van der Waals surface area contributed by atoms with Crippen molar-refractivity contribution in [3.05, 3.63) is 29.8 Å². The smallest absolute Gasteiger partial charge is 0.254 e. The van der Waals surface area contributed by atoms with E-state index in [-0.39, 0.29) is 22.9 Å². The van der Waals surface area contributed by atoms with Crippen LogP contribution in [0.2, 0.25) is 0 Å². The Morgan fingerprint density at radius 2 is 1.96 bits per heavy atom. The predicted molar refractivity (Wildman–Crippen MR) is 106 cm³/mol. The number of nitrogens with zero attached hydrogens (tertiary/aromatic N) is 2. The Hall–Kier alpha value is -1.44. The van der Waals surface area contributed by atoms with Crippen molar-refractivity contribution >= 4 is 15.9 Å². The molecule has 0 aliphatic carbocycles. The lowest BCUT2D eigenvalue weighted by molar-refractivity contribution is 0.0573. The van der Waals surface area contributed by atoms with Crippen molar-refractivity contribution in [1.29, 1.82) is 0 Å². The summed E-state index contributed by atoms with van der Waals surface area (Å²) in [5.41, 5.74) is 6.31. The van der Waals surface area contributed by atoms with Crippen molar-refractivity contribution in [3.8, 4) is 0 Å². The molecule has 2 aliphatic rings. The second-order valence-corrected chi connectivity index (χ2v) is 9.90. The maximum Gasteiger partial charge on any atom is 0.254 e. The monoisotopic (exact) mass is 393 g/mol. The molecular formula is C20H31N3O3S. The highest BCUT2D eigenvalue weighted by atomic mass is 32.2. The molecule has 0 aromatic heterocycles. The lowest BCUT2D eigenvalue weighted by Crippen LogP contribution is -2.49. The summed E-state index contributed by atoms with van der Waals surface area (Å²) in [7, 11) is -3.59. The number of hydrogen-bond acceptors (Lipinski definition) is 4. The Morgan fingerprint density at radius 3 is 2.67 bits per heavy atom. The molecule has 6 nitrogen and oxygen atoms in total. The lowest BCUT2D eigenvalue weighted by Gasteiger charge is -2.38. The third-order valence-electron chi connectivity index (χ3n) is 5.94. The van der Waals surface area contributed by atoms with Gasteiger partial charge in [0.1, 0.15) is 0 Å². The number of benzene rings is 1. The van der Waals surface area contributed by atoms with E-state index < -0.39 is 10.0 Å². The summed E-state index contributed by atoms with van der Waals surface area (Å²) in [5.74, 6) is 0.427. The highest BCUT2D eigenvalue weighted by Crippen LogP contribution is 2.27. The normalized spacial score (nSPS) is 27.5. The fourth-order valence-corrected chi connectivity index (χ4v) is 6.01. The number of carbonyl (C=O) groups is 1. The van der Waals surface area contributed by atoms with Crippen LogP contribution in [-0.4, -0.2) is 55.2 Å². The third-order valence-corrected chi connectivity index (χ3v) is 7.95. The molecule has 2 saturated heterocycles. The van der Waals surface area contributed by atoms with Crippen molar-refractivity contribution < 1.29 is 13.2 Å². The molecule has 3 atom stereocenters. The van der Waals surface area contributed by atoms with Gasteiger partial charge in [-0.2, -0.15) is 4.31 Å². The first-order valence-corrected chi connectivity index (χ1v) is 11.4. The van der Waals surface area contributed by atoms with Crippen molar-refractivity contribution in [3.63, 3.8) is 0 Å². The summed E-state index contributed by atoms with van der Waals surface area (Å²) in [4.78, 5) is 15.1. The maximum absolute atomic E-state index is 13.1. The molecule has 0 spiro atoms. The first-order valence-electron chi connectivity index (χ1n) is 9.97. The van der Waals surface area contributed by atoms with Gasteiger partial charge in [-0.05, 0) is 56.7 Å². The molecule has 1 aromatic carbocycles. The average molecular weight is 394 g/mol. The van der Waals surface area contributed by atoms with Crippen LogP contribution in [0.5, 0.6) is 0 Å². The van der Waals surface area contributed by atoms with E-state index in [1.165, 1.54) is 6.07 Å². The number of hydrogen-bond donors (Lipinski definition) is 1. The summed E-state index contributed by atoms with van der Waals surface area (Å²) in [6.45, 7) is 5.77. The number of piperidine rings is 2. The number of carbonyl (C=O) groups excluding carboxylic acids is 1. The van der Waals surface area contributed by atoms with Gasteiger partial charge in [0.2, 0.25) is 10.0 Å². The van der Waals surface area contributed by atoms with Crippen LogP contribution < -0.4 is 5.73 Å². The first kappa shape index (κ1) is 20.3. The molecule has 2 fully saturated rings. The zero-order chi connectivity index (χ0) is 19.6. The second-order valence-electron chi connectivity index (χ2n) is 8.01. The zero-order valence-corrected chi connectivity index (χ0v) is 17.1.